The molecule has 0 unspecified atom stereocenters. The third-order valence-electron chi connectivity index (χ3n) is 1.70. The lowest BCUT2D eigenvalue weighted by Gasteiger charge is -2.06. The number of aromatic nitrogens is 5. The Kier molecular flexibility index (Phi) is 3.04. The molecule has 84 valence electrons. The van der Waals surface area contributed by atoms with Crippen molar-refractivity contribution in [2.45, 2.75) is 24.3 Å². The van der Waals surface area contributed by atoms with Crippen LogP contribution in [0, 0.1) is 0 Å². The van der Waals surface area contributed by atoms with Crippen molar-refractivity contribution in [3.63, 3.8) is 0 Å². The molecule has 2 aromatic heterocycles. The summed E-state index contributed by atoms with van der Waals surface area (Å²) in [6.07, 6.45) is 5.05. The highest BCUT2D eigenvalue weighted by Crippen LogP contribution is 2.19. The Hall–Kier alpha value is -1.63. The molecule has 0 amide bonds. The lowest BCUT2D eigenvalue weighted by Crippen LogP contribution is -2.06. The molecule has 6 nitrogen and oxygen atoms in total. The Balaban J connectivity index is 2.36. The summed E-state index contributed by atoms with van der Waals surface area (Å²) in [5.74, 6) is 0.718. The molecule has 7 heteroatoms. The molecule has 0 radical (unpaired) electrons. The average molecular weight is 236 g/mol. The molecule has 0 bridgehead atoms. The van der Waals surface area contributed by atoms with Gasteiger partial charge in [0.05, 0.1) is 0 Å². The first-order valence-corrected chi connectivity index (χ1v) is 5.69. The van der Waals surface area contributed by atoms with Crippen LogP contribution in [-0.4, -0.2) is 29.8 Å². The highest BCUT2D eigenvalue weighted by atomic mass is 32.2. The predicted octanol–water partition coefficient (Wildman–Crippen LogP) is 1.14. The third kappa shape index (κ3) is 2.48. The van der Waals surface area contributed by atoms with Gasteiger partial charge in [0, 0.05) is 17.6 Å². The van der Waals surface area contributed by atoms with Gasteiger partial charge in [-0.15, -0.1) is 0 Å². The maximum absolute atomic E-state index is 5.63. The summed E-state index contributed by atoms with van der Waals surface area (Å²) in [5, 5.41) is 1.03. The maximum Gasteiger partial charge on any atom is 0.240 e. The summed E-state index contributed by atoms with van der Waals surface area (Å²) >= 11 is 1.55. The molecule has 0 aliphatic rings. The Morgan fingerprint density at radius 2 is 2.12 bits per heavy atom. The van der Waals surface area contributed by atoms with Crippen LogP contribution in [0.5, 0.6) is 0 Å². The number of nitrogens with zero attached hydrogens (tertiary/aromatic N) is 5. The van der Waals surface area contributed by atoms with Gasteiger partial charge in [0.1, 0.15) is 6.33 Å². The minimum absolute atomic E-state index is 0.224. The summed E-state index contributed by atoms with van der Waals surface area (Å²) in [5.41, 5.74) is 5.63. The van der Waals surface area contributed by atoms with Crippen molar-refractivity contribution in [2.75, 3.05) is 5.73 Å². The first kappa shape index (κ1) is 10.9. The molecule has 2 aromatic rings. The van der Waals surface area contributed by atoms with Crippen LogP contribution >= 0.6 is 11.8 Å². The lowest BCUT2D eigenvalue weighted by atomic mass is 10.6. The van der Waals surface area contributed by atoms with E-state index < -0.39 is 0 Å². The van der Waals surface area contributed by atoms with E-state index in [0.717, 1.165) is 0 Å². The minimum Gasteiger partial charge on any atom is -0.368 e. The van der Waals surface area contributed by atoms with E-state index in [4.69, 9.17) is 5.73 Å². The van der Waals surface area contributed by atoms with Gasteiger partial charge in [-0.25, -0.2) is 4.98 Å². The standard InChI is InChI=1S/C9H12N6S/c1-6(2)16-9-13-7(10)12-8(14-9)15-4-3-11-5-15/h3-6H,1-2H3,(H2,10,12,13,14). The molecule has 0 aromatic carbocycles. The van der Waals surface area contributed by atoms with Crippen molar-refractivity contribution in [3.8, 4) is 5.95 Å². The second-order valence-corrected chi connectivity index (χ2v) is 4.96. The van der Waals surface area contributed by atoms with Gasteiger partial charge in [-0.2, -0.15) is 15.0 Å². The van der Waals surface area contributed by atoms with E-state index in [-0.39, 0.29) is 5.95 Å². The number of rotatable bonds is 3. The van der Waals surface area contributed by atoms with E-state index in [1.807, 2.05) is 0 Å². The topological polar surface area (TPSA) is 82.5 Å². The van der Waals surface area contributed by atoms with Crippen molar-refractivity contribution in [2.24, 2.45) is 0 Å². The van der Waals surface area contributed by atoms with E-state index in [2.05, 4.69) is 33.8 Å². The fraction of sp³-hybridized carbons (Fsp3) is 0.333. The van der Waals surface area contributed by atoms with Crippen LogP contribution in [0.3, 0.4) is 0 Å². The predicted molar refractivity (Wildman–Crippen MR) is 62.4 cm³/mol. The van der Waals surface area contributed by atoms with Gasteiger partial charge in [-0.05, 0) is 0 Å². The zero-order valence-electron chi connectivity index (χ0n) is 9.03. The molecule has 16 heavy (non-hydrogen) atoms. The largest absolute Gasteiger partial charge is 0.368 e. The lowest BCUT2D eigenvalue weighted by molar-refractivity contribution is 0.829. The SMILES string of the molecule is CC(C)Sc1nc(N)nc(-n2ccnc2)n1. The first-order chi connectivity index (χ1) is 7.65. The summed E-state index contributed by atoms with van der Waals surface area (Å²) in [4.78, 5) is 16.4. The number of hydrogen-bond donors (Lipinski definition) is 1. The molecule has 2 heterocycles. The first-order valence-electron chi connectivity index (χ1n) is 4.81. The molecule has 2 N–H and O–H groups in total. The van der Waals surface area contributed by atoms with Gasteiger partial charge < -0.3 is 5.73 Å². The Bertz CT molecular complexity index is 467. The number of thioether (sulfide) groups is 1. The summed E-state index contributed by atoms with van der Waals surface area (Å²) in [7, 11) is 0. The van der Waals surface area contributed by atoms with Crippen LogP contribution in [-0.2, 0) is 0 Å². The molecule has 0 spiro atoms. The van der Waals surface area contributed by atoms with Crippen molar-refractivity contribution >= 4 is 17.7 Å². The fourth-order valence-corrected chi connectivity index (χ4v) is 1.82. The van der Waals surface area contributed by atoms with E-state index in [1.54, 1.807) is 35.0 Å². The third-order valence-corrected chi connectivity index (χ3v) is 2.56. The number of anilines is 1. The smallest absolute Gasteiger partial charge is 0.240 e. The monoisotopic (exact) mass is 236 g/mol. The molecule has 0 aliphatic heterocycles. The van der Waals surface area contributed by atoms with Crippen molar-refractivity contribution in [1.29, 1.82) is 0 Å². The van der Waals surface area contributed by atoms with Gasteiger partial charge in [0.15, 0.2) is 5.16 Å². The summed E-state index contributed by atoms with van der Waals surface area (Å²) < 4.78 is 1.70. The van der Waals surface area contributed by atoms with E-state index >= 15 is 0 Å². The van der Waals surface area contributed by atoms with Crippen molar-refractivity contribution in [3.05, 3.63) is 18.7 Å². The molecule has 0 aliphatic carbocycles. The number of nitrogens with two attached hydrogens (primary N) is 1. The molecule has 2 rings (SSSR count). The number of hydrogen-bond acceptors (Lipinski definition) is 6. The minimum atomic E-state index is 0.224. The van der Waals surface area contributed by atoms with Gasteiger partial charge in [-0.3, -0.25) is 4.57 Å². The van der Waals surface area contributed by atoms with Crippen LogP contribution in [0.4, 0.5) is 5.95 Å². The zero-order valence-corrected chi connectivity index (χ0v) is 9.85. The Morgan fingerprint density at radius 3 is 2.75 bits per heavy atom. The van der Waals surface area contributed by atoms with Gasteiger partial charge in [0.2, 0.25) is 11.9 Å². The van der Waals surface area contributed by atoms with E-state index in [1.165, 1.54) is 0 Å². The number of imidazole rings is 1. The number of nitrogen functional groups attached to an aromatic ring is 1. The van der Waals surface area contributed by atoms with Crippen LogP contribution < -0.4 is 5.73 Å². The van der Waals surface area contributed by atoms with Crippen molar-refractivity contribution < 1.29 is 0 Å². The quantitative estimate of drug-likeness (QED) is 0.805. The van der Waals surface area contributed by atoms with Crippen LogP contribution in [0.15, 0.2) is 23.9 Å². The van der Waals surface area contributed by atoms with Crippen LogP contribution in [0.2, 0.25) is 0 Å². The van der Waals surface area contributed by atoms with Crippen LogP contribution in [0.25, 0.3) is 5.95 Å². The highest BCUT2D eigenvalue weighted by molar-refractivity contribution is 7.99. The van der Waals surface area contributed by atoms with Gasteiger partial charge >= 0.3 is 0 Å². The van der Waals surface area contributed by atoms with E-state index in [0.29, 0.717) is 16.4 Å². The fourth-order valence-electron chi connectivity index (χ4n) is 1.12. The van der Waals surface area contributed by atoms with Gasteiger partial charge in [0.25, 0.3) is 0 Å². The highest BCUT2D eigenvalue weighted by Gasteiger charge is 2.07. The van der Waals surface area contributed by atoms with E-state index in [9.17, 15) is 0 Å². The molecule has 0 saturated carbocycles. The second-order valence-electron chi connectivity index (χ2n) is 3.41. The van der Waals surface area contributed by atoms with Crippen LogP contribution in [0.1, 0.15) is 13.8 Å². The van der Waals surface area contributed by atoms with Gasteiger partial charge in [-0.1, -0.05) is 25.6 Å². The summed E-state index contributed by atoms with van der Waals surface area (Å²) in [6.45, 7) is 4.14. The Labute approximate surface area is 97.3 Å². The second kappa shape index (κ2) is 4.48. The molecular weight excluding hydrogens is 224 g/mol. The zero-order chi connectivity index (χ0) is 11.5. The molecule has 0 saturated heterocycles. The maximum atomic E-state index is 5.63. The average Bonchev–Trinajstić information content (AvgIpc) is 2.67. The summed E-state index contributed by atoms with van der Waals surface area (Å²) in [6, 6.07) is 0. The van der Waals surface area contributed by atoms with Crippen molar-refractivity contribution in [1.82, 2.24) is 24.5 Å². The molecule has 0 atom stereocenters. The normalized spacial score (nSPS) is 10.9. The molecular formula is C9H12N6S. The molecule has 0 fully saturated rings. The Morgan fingerprint density at radius 1 is 1.31 bits per heavy atom.